The molecule has 0 saturated carbocycles. The van der Waals surface area contributed by atoms with E-state index in [0.29, 0.717) is 5.75 Å². The number of benzene rings is 2. The molecule has 0 amide bonds. The van der Waals surface area contributed by atoms with E-state index in [1.54, 1.807) is 0 Å². The van der Waals surface area contributed by atoms with Gasteiger partial charge in [-0.1, -0.05) is 24.3 Å². The van der Waals surface area contributed by atoms with Crippen LogP contribution in [0, 0.1) is 20.8 Å². The predicted molar refractivity (Wildman–Crippen MR) is 102 cm³/mol. The maximum atomic E-state index is 10.3. The third-order valence-electron chi connectivity index (χ3n) is 3.73. The van der Waals surface area contributed by atoms with Gasteiger partial charge >= 0.3 is 0 Å². The number of aliphatic hydroxyl groups is 1. The number of hydrogen-bond acceptors (Lipinski definition) is 5. The summed E-state index contributed by atoms with van der Waals surface area (Å²) < 4.78 is 5.73. The lowest BCUT2D eigenvalue weighted by Gasteiger charge is -2.13. The summed E-state index contributed by atoms with van der Waals surface area (Å²) in [7, 11) is 0. The quantitative estimate of drug-likeness (QED) is 0.534. The highest BCUT2D eigenvalue weighted by atomic mass is 32.2. The van der Waals surface area contributed by atoms with Gasteiger partial charge in [-0.3, -0.25) is 0 Å². The van der Waals surface area contributed by atoms with Crippen molar-refractivity contribution in [3.63, 3.8) is 0 Å². The zero-order valence-electron chi connectivity index (χ0n) is 14.7. The molecule has 0 aliphatic heterocycles. The van der Waals surface area contributed by atoms with Crippen molar-refractivity contribution in [3.05, 3.63) is 59.4 Å². The van der Waals surface area contributed by atoms with Gasteiger partial charge in [0, 0.05) is 11.1 Å². The Bertz CT molecular complexity index is 862. The van der Waals surface area contributed by atoms with Crippen LogP contribution < -0.4 is 4.74 Å². The Hall–Kier alpha value is -2.11. The van der Waals surface area contributed by atoms with E-state index in [0.717, 1.165) is 38.6 Å². The zero-order chi connectivity index (χ0) is 17.8. The lowest BCUT2D eigenvalue weighted by molar-refractivity contribution is 0.126. The maximum Gasteiger partial charge on any atom is 0.127 e. The van der Waals surface area contributed by atoms with Gasteiger partial charge in [0.15, 0.2) is 0 Å². The molecule has 5 heteroatoms. The first-order chi connectivity index (χ1) is 12.0. The van der Waals surface area contributed by atoms with E-state index in [2.05, 4.69) is 16.0 Å². The van der Waals surface area contributed by atoms with Gasteiger partial charge in [0.05, 0.1) is 11.6 Å². The molecule has 0 aliphatic carbocycles. The summed E-state index contributed by atoms with van der Waals surface area (Å²) in [4.78, 5) is 8.96. The van der Waals surface area contributed by atoms with Crippen molar-refractivity contribution in [1.29, 1.82) is 0 Å². The van der Waals surface area contributed by atoms with Crippen LogP contribution in [0.2, 0.25) is 0 Å². The van der Waals surface area contributed by atoms with Crippen LogP contribution in [0.3, 0.4) is 0 Å². The van der Waals surface area contributed by atoms with Crippen LogP contribution in [-0.2, 0) is 0 Å². The summed E-state index contributed by atoms with van der Waals surface area (Å²) in [6.45, 7) is 6.22. The Morgan fingerprint density at radius 3 is 2.52 bits per heavy atom. The second-order valence-corrected chi connectivity index (χ2v) is 7.20. The van der Waals surface area contributed by atoms with Crippen LogP contribution in [0.25, 0.3) is 10.9 Å². The second-order valence-electron chi connectivity index (χ2n) is 6.19. The third-order valence-corrected chi connectivity index (χ3v) is 4.87. The van der Waals surface area contributed by atoms with Gasteiger partial charge in [0.2, 0.25) is 0 Å². The highest BCUT2D eigenvalue weighted by Gasteiger charge is 2.11. The average Bonchev–Trinajstić information content (AvgIpc) is 2.57. The molecule has 4 nitrogen and oxygen atoms in total. The first-order valence-electron chi connectivity index (χ1n) is 8.26. The molecule has 3 aromatic rings. The Morgan fingerprint density at radius 1 is 1.04 bits per heavy atom. The monoisotopic (exact) mass is 354 g/mol. The predicted octanol–water partition coefficient (Wildman–Crippen LogP) is 4.09. The van der Waals surface area contributed by atoms with E-state index in [1.807, 2.05) is 57.2 Å². The SMILES string of the molecule is Cc1cc(C)cc(OC[C@H](O)CSc2nc(C)nc3ccccc23)c1. The minimum atomic E-state index is -0.570. The number of thioether (sulfide) groups is 1. The number of fused-ring (bicyclic) bond motifs is 1. The molecular formula is C20H22N2O2S. The third kappa shape index (κ3) is 4.71. The van der Waals surface area contributed by atoms with E-state index in [4.69, 9.17) is 4.74 Å². The van der Waals surface area contributed by atoms with Gasteiger partial charge in [0.25, 0.3) is 0 Å². The van der Waals surface area contributed by atoms with Gasteiger partial charge in [-0.05, 0) is 50.1 Å². The summed E-state index contributed by atoms with van der Waals surface area (Å²) in [6.07, 6.45) is -0.570. The minimum Gasteiger partial charge on any atom is -0.491 e. The molecule has 0 unspecified atom stereocenters. The smallest absolute Gasteiger partial charge is 0.127 e. The van der Waals surface area contributed by atoms with Crippen LogP contribution in [0.1, 0.15) is 17.0 Å². The van der Waals surface area contributed by atoms with Crippen molar-refractivity contribution in [2.45, 2.75) is 31.9 Å². The normalized spacial score (nSPS) is 12.3. The molecule has 130 valence electrons. The molecule has 1 atom stereocenters. The maximum absolute atomic E-state index is 10.3. The van der Waals surface area contributed by atoms with Crippen LogP contribution in [0.4, 0.5) is 0 Å². The summed E-state index contributed by atoms with van der Waals surface area (Å²) in [6, 6.07) is 14.0. The lowest BCUT2D eigenvalue weighted by Crippen LogP contribution is -2.20. The number of aromatic nitrogens is 2. The van der Waals surface area contributed by atoms with E-state index < -0.39 is 6.10 Å². The van der Waals surface area contributed by atoms with E-state index in [1.165, 1.54) is 11.8 Å². The number of nitrogens with zero attached hydrogens (tertiary/aromatic N) is 2. The molecule has 0 spiro atoms. The van der Waals surface area contributed by atoms with Gasteiger partial charge in [-0.2, -0.15) is 0 Å². The molecule has 0 fully saturated rings. The molecule has 1 N–H and O–H groups in total. The van der Waals surface area contributed by atoms with Gasteiger partial charge in [0.1, 0.15) is 23.2 Å². The summed E-state index contributed by atoms with van der Waals surface area (Å²) in [5.41, 5.74) is 3.24. The zero-order valence-corrected chi connectivity index (χ0v) is 15.5. The topological polar surface area (TPSA) is 55.2 Å². The molecule has 1 aromatic heterocycles. The van der Waals surface area contributed by atoms with Gasteiger partial charge in [-0.25, -0.2) is 9.97 Å². The number of aliphatic hydroxyl groups excluding tert-OH is 1. The van der Waals surface area contributed by atoms with Gasteiger partial charge in [-0.15, -0.1) is 11.8 Å². The van der Waals surface area contributed by atoms with Crippen molar-refractivity contribution in [1.82, 2.24) is 9.97 Å². The molecule has 0 radical (unpaired) electrons. The Labute approximate surface area is 152 Å². The molecule has 0 saturated heterocycles. The summed E-state index contributed by atoms with van der Waals surface area (Å²) in [5.74, 6) is 2.05. The lowest BCUT2D eigenvalue weighted by atomic mass is 10.1. The van der Waals surface area contributed by atoms with Crippen LogP contribution in [0.5, 0.6) is 5.75 Å². The van der Waals surface area contributed by atoms with Crippen molar-refractivity contribution in [3.8, 4) is 5.75 Å². The average molecular weight is 354 g/mol. The standard InChI is InChI=1S/C20H22N2O2S/c1-13-8-14(2)10-17(9-13)24-11-16(23)12-25-20-18-6-4-5-7-19(18)21-15(3)22-20/h4-10,16,23H,11-12H2,1-3H3/t16-/m0/s1. The fourth-order valence-corrected chi connectivity index (χ4v) is 3.67. The highest BCUT2D eigenvalue weighted by Crippen LogP contribution is 2.26. The Balaban J connectivity index is 1.62. The van der Waals surface area contributed by atoms with Crippen molar-refractivity contribution >= 4 is 22.7 Å². The summed E-state index contributed by atoms with van der Waals surface area (Å²) in [5, 5.41) is 12.2. The number of hydrogen-bond donors (Lipinski definition) is 1. The largest absolute Gasteiger partial charge is 0.491 e. The number of ether oxygens (including phenoxy) is 1. The molecular weight excluding hydrogens is 332 g/mol. The van der Waals surface area contributed by atoms with Gasteiger partial charge < -0.3 is 9.84 Å². The number of rotatable bonds is 6. The fourth-order valence-electron chi connectivity index (χ4n) is 2.70. The molecule has 0 aliphatic rings. The highest BCUT2D eigenvalue weighted by molar-refractivity contribution is 7.99. The van der Waals surface area contributed by atoms with Crippen LogP contribution in [0.15, 0.2) is 47.5 Å². The molecule has 2 aromatic carbocycles. The number of para-hydroxylation sites is 1. The molecule has 3 rings (SSSR count). The van der Waals surface area contributed by atoms with Crippen LogP contribution >= 0.6 is 11.8 Å². The van der Waals surface area contributed by atoms with Crippen molar-refractivity contribution in [2.24, 2.45) is 0 Å². The first-order valence-corrected chi connectivity index (χ1v) is 9.25. The fraction of sp³-hybridized carbons (Fsp3) is 0.300. The minimum absolute atomic E-state index is 0.262. The molecule has 1 heterocycles. The van der Waals surface area contributed by atoms with E-state index in [9.17, 15) is 5.11 Å². The van der Waals surface area contributed by atoms with Crippen molar-refractivity contribution in [2.75, 3.05) is 12.4 Å². The molecule has 25 heavy (non-hydrogen) atoms. The second kappa shape index (κ2) is 7.85. The van der Waals surface area contributed by atoms with Crippen LogP contribution in [-0.4, -0.2) is 33.5 Å². The van der Waals surface area contributed by atoms with E-state index in [-0.39, 0.29) is 6.61 Å². The summed E-state index contributed by atoms with van der Waals surface area (Å²) >= 11 is 1.53. The molecule has 0 bridgehead atoms. The Morgan fingerprint density at radius 2 is 1.76 bits per heavy atom. The number of aryl methyl sites for hydroxylation is 3. The first kappa shape index (κ1) is 17.7. The Kier molecular flexibility index (Phi) is 5.56. The van der Waals surface area contributed by atoms with E-state index >= 15 is 0 Å². The van der Waals surface area contributed by atoms with Crippen molar-refractivity contribution < 1.29 is 9.84 Å².